The highest BCUT2D eigenvalue weighted by atomic mass is 32.2. The number of aromatic nitrogens is 4. The smallest absolute Gasteiger partial charge is 0.277 e. The molecule has 5 rings (SSSR count). The van der Waals surface area contributed by atoms with E-state index in [0.717, 1.165) is 11.3 Å². The Balaban J connectivity index is 1.55. The van der Waals surface area contributed by atoms with Gasteiger partial charge < -0.3 is 15.4 Å². The maximum Gasteiger partial charge on any atom is 0.277 e. The number of nitrogens with two attached hydrogens (primary N) is 1. The Morgan fingerprint density at radius 2 is 2.13 bits per heavy atom. The molecule has 0 unspecified atom stereocenters. The summed E-state index contributed by atoms with van der Waals surface area (Å²) in [6.45, 7) is 3.78. The van der Waals surface area contributed by atoms with Crippen molar-refractivity contribution < 1.29 is 22.3 Å². The standard InChI is InChI=1S/C25H30FN7O4S2/c1-2-37-21-13-28-12-20(30-21)23-22(31-25(38-23)24(27)34)18(7-10-33-9-6-15(26)14-33)19-11-16(5-8-29-19)32-39(35,36)17-3-4-17/h5,8,11-13,15,17-18H,2-4,6-7,9-10,14H2,1H3,(H2,27,34)(H,29,32)/t15-,18-/m0/s1. The molecule has 1 saturated heterocycles. The number of sulfonamides is 1. The van der Waals surface area contributed by atoms with Crippen LogP contribution in [0.1, 0.15) is 59.7 Å². The zero-order valence-corrected chi connectivity index (χ0v) is 23.0. The zero-order chi connectivity index (χ0) is 27.6. The second kappa shape index (κ2) is 11.5. The van der Waals surface area contributed by atoms with Crippen molar-refractivity contribution in [1.82, 2.24) is 24.8 Å². The lowest BCUT2D eigenvalue weighted by Crippen LogP contribution is -2.24. The molecule has 2 fully saturated rings. The van der Waals surface area contributed by atoms with E-state index < -0.39 is 28.0 Å². The van der Waals surface area contributed by atoms with E-state index in [9.17, 15) is 17.6 Å². The molecule has 1 aliphatic heterocycles. The lowest BCUT2D eigenvalue weighted by atomic mass is 9.94. The quantitative estimate of drug-likeness (QED) is 0.332. The molecule has 2 aliphatic rings. The fourth-order valence-corrected chi connectivity index (χ4v) is 6.90. The third kappa shape index (κ3) is 6.50. The van der Waals surface area contributed by atoms with Crippen molar-refractivity contribution in [2.75, 3.05) is 31.0 Å². The molecule has 3 N–H and O–H groups in total. The van der Waals surface area contributed by atoms with Gasteiger partial charge in [0, 0.05) is 25.2 Å². The van der Waals surface area contributed by atoms with Crippen LogP contribution in [0.15, 0.2) is 30.7 Å². The third-order valence-electron chi connectivity index (χ3n) is 6.64. The summed E-state index contributed by atoms with van der Waals surface area (Å²) in [5.41, 5.74) is 7.54. The van der Waals surface area contributed by atoms with E-state index in [0.29, 0.717) is 85.5 Å². The molecule has 208 valence electrons. The monoisotopic (exact) mass is 575 g/mol. The van der Waals surface area contributed by atoms with Crippen LogP contribution >= 0.6 is 11.3 Å². The van der Waals surface area contributed by atoms with Crippen LogP contribution in [0.3, 0.4) is 0 Å². The Kier molecular flexibility index (Phi) is 8.05. The fourth-order valence-electron chi connectivity index (χ4n) is 4.59. The number of amides is 1. The summed E-state index contributed by atoms with van der Waals surface area (Å²) in [6, 6.07) is 3.28. The SMILES string of the molecule is CCOc1cncc(-c2sc(C(N)=O)nc2[C@@H](CCN2CC[C@H](F)C2)c2cc(NS(=O)(=O)C3CC3)ccn2)n1. The summed E-state index contributed by atoms with van der Waals surface area (Å²) in [4.78, 5) is 32.7. The maximum atomic E-state index is 13.9. The largest absolute Gasteiger partial charge is 0.477 e. The Hall–Kier alpha value is -3.23. The number of carbonyl (C=O) groups excluding carboxylic acids is 1. The molecule has 3 aromatic rings. The van der Waals surface area contributed by atoms with Gasteiger partial charge in [-0.3, -0.25) is 19.5 Å². The number of hydrogen-bond donors (Lipinski definition) is 2. The van der Waals surface area contributed by atoms with Gasteiger partial charge in [-0.1, -0.05) is 0 Å². The lowest BCUT2D eigenvalue weighted by Gasteiger charge is -2.21. The molecule has 3 aromatic heterocycles. The first kappa shape index (κ1) is 27.3. The first-order chi connectivity index (χ1) is 18.7. The van der Waals surface area contributed by atoms with Crippen LogP contribution in [0.25, 0.3) is 10.6 Å². The van der Waals surface area contributed by atoms with Crippen molar-refractivity contribution in [1.29, 1.82) is 0 Å². The van der Waals surface area contributed by atoms with Gasteiger partial charge >= 0.3 is 0 Å². The molecule has 1 amide bonds. The van der Waals surface area contributed by atoms with Crippen molar-refractivity contribution in [2.45, 2.75) is 49.9 Å². The molecule has 1 aliphatic carbocycles. The molecule has 2 atom stereocenters. The molecule has 0 radical (unpaired) electrons. The Labute approximate surface area is 230 Å². The molecule has 4 heterocycles. The summed E-state index contributed by atoms with van der Waals surface area (Å²) in [7, 11) is -3.48. The average molecular weight is 576 g/mol. The number of carbonyl (C=O) groups is 1. The number of rotatable bonds is 12. The fraction of sp³-hybridized carbons (Fsp3) is 0.480. The normalized spacial score (nSPS) is 18.7. The summed E-state index contributed by atoms with van der Waals surface area (Å²) >= 11 is 1.10. The number of hydrogen-bond acceptors (Lipinski definition) is 10. The minimum Gasteiger partial charge on any atom is -0.477 e. The van der Waals surface area contributed by atoms with Crippen molar-refractivity contribution in [2.24, 2.45) is 5.73 Å². The van der Waals surface area contributed by atoms with E-state index >= 15 is 0 Å². The summed E-state index contributed by atoms with van der Waals surface area (Å²) < 4.78 is 47.2. The topological polar surface area (TPSA) is 153 Å². The highest BCUT2D eigenvalue weighted by molar-refractivity contribution is 7.93. The number of primary amides is 1. The molecule has 0 aromatic carbocycles. The van der Waals surface area contributed by atoms with Crippen LogP contribution < -0.4 is 15.2 Å². The number of thiazole rings is 1. The van der Waals surface area contributed by atoms with Crippen LogP contribution in [0.5, 0.6) is 5.88 Å². The van der Waals surface area contributed by atoms with E-state index in [4.69, 9.17) is 10.5 Å². The predicted octanol–water partition coefficient (Wildman–Crippen LogP) is 2.96. The summed E-state index contributed by atoms with van der Waals surface area (Å²) in [6.07, 6.45) is 5.98. The molecule has 1 saturated carbocycles. The number of anilines is 1. The van der Waals surface area contributed by atoms with Crippen LogP contribution in [-0.4, -0.2) is 76.8 Å². The van der Waals surface area contributed by atoms with Gasteiger partial charge in [-0.2, -0.15) is 0 Å². The average Bonchev–Trinajstić information content (AvgIpc) is 3.56. The van der Waals surface area contributed by atoms with Crippen molar-refractivity contribution in [3.05, 3.63) is 47.1 Å². The Bertz CT molecular complexity index is 1450. The van der Waals surface area contributed by atoms with Crippen molar-refractivity contribution in [3.63, 3.8) is 0 Å². The van der Waals surface area contributed by atoms with Crippen LogP contribution in [0.4, 0.5) is 10.1 Å². The minimum atomic E-state index is -3.48. The highest BCUT2D eigenvalue weighted by Gasteiger charge is 2.36. The van der Waals surface area contributed by atoms with E-state index in [1.807, 2.05) is 11.8 Å². The number of nitrogens with one attached hydrogen (secondary N) is 1. The van der Waals surface area contributed by atoms with Gasteiger partial charge in [0.25, 0.3) is 5.91 Å². The van der Waals surface area contributed by atoms with Crippen LogP contribution in [0, 0.1) is 0 Å². The third-order valence-corrected chi connectivity index (χ3v) is 9.62. The molecule has 11 nitrogen and oxygen atoms in total. The van der Waals surface area contributed by atoms with E-state index in [1.54, 1.807) is 18.3 Å². The highest BCUT2D eigenvalue weighted by Crippen LogP contribution is 2.39. The van der Waals surface area contributed by atoms with E-state index in [-0.39, 0.29) is 10.3 Å². The number of alkyl halides is 1. The van der Waals surface area contributed by atoms with E-state index in [2.05, 4.69) is 24.7 Å². The number of pyridine rings is 1. The zero-order valence-electron chi connectivity index (χ0n) is 21.4. The maximum absolute atomic E-state index is 13.9. The second-order valence-electron chi connectivity index (χ2n) is 9.62. The minimum absolute atomic E-state index is 0.101. The molecular weight excluding hydrogens is 545 g/mol. The van der Waals surface area contributed by atoms with Crippen LogP contribution in [0.2, 0.25) is 0 Å². The van der Waals surface area contributed by atoms with Gasteiger partial charge in [0.05, 0.1) is 46.2 Å². The van der Waals surface area contributed by atoms with Crippen molar-refractivity contribution in [3.8, 4) is 16.5 Å². The first-order valence-electron chi connectivity index (χ1n) is 12.8. The summed E-state index contributed by atoms with van der Waals surface area (Å²) in [5.74, 6) is -0.822. The van der Waals surface area contributed by atoms with E-state index in [1.165, 1.54) is 12.4 Å². The molecule has 0 spiro atoms. The van der Waals surface area contributed by atoms with Gasteiger partial charge in [-0.15, -0.1) is 11.3 Å². The van der Waals surface area contributed by atoms with Crippen LogP contribution in [-0.2, 0) is 10.0 Å². The van der Waals surface area contributed by atoms with Crippen molar-refractivity contribution >= 4 is 33.0 Å². The Morgan fingerprint density at radius 1 is 1.31 bits per heavy atom. The number of nitrogens with zero attached hydrogens (tertiary/aromatic N) is 5. The number of likely N-dealkylation sites (tertiary alicyclic amines) is 1. The van der Waals surface area contributed by atoms with Gasteiger partial charge in [0.1, 0.15) is 11.9 Å². The van der Waals surface area contributed by atoms with Gasteiger partial charge in [-0.05, 0) is 51.3 Å². The summed E-state index contributed by atoms with van der Waals surface area (Å²) in [5, 5.41) is -0.280. The first-order valence-corrected chi connectivity index (χ1v) is 15.2. The Morgan fingerprint density at radius 3 is 2.82 bits per heavy atom. The van der Waals surface area contributed by atoms with Gasteiger partial charge in [0.2, 0.25) is 15.9 Å². The van der Waals surface area contributed by atoms with Gasteiger partial charge in [-0.25, -0.2) is 22.8 Å². The van der Waals surface area contributed by atoms with Gasteiger partial charge in [0.15, 0.2) is 5.01 Å². The molecule has 0 bridgehead atoms. The molecule has 14 heteroatoms. The lowest BCUT2D eigenvalue weighted by molar-refractivity contribution is 0.0999. The molecule has 39 heavy (non-hydrogen) atoms. The number of ether oxygens (including phenoxy) is 1. The predicted molar refractivity (Wildman–Crippen MR) is 145 cm³/mol. The second-order valence-corrected chi connectivity index (χ2v) is 12.6. The molecular formula is C25H30FN7O4S2. The number of halogens is 1.